The minimum absolute atomic E-state index is 0.0871. The smallest absolute Gasteiger partial charge is 0.270 e. The number of carbonyl (C=O) groups excluding carboxylic acids is 1. The Morgan fingerprint density at radius 1 is 1.33 bits per heavy atom. The number of fused-ring (bicyclic) bond motifs is 2. The molecule has 21 heavy (non-hydrogen) atoms. The minimum Gasteiger partial charge on any atom is -0.348 e. The van der Waals surface area contributed by atoms with Crippen LogP contribution in [-0.4, -0.2) is 35.0 Å². The third-order valence-corrected chi connectivity index (χ3v) is 5.15. The van der Waals surface area contributed by atoms with Crippen molar-refractivity contribution >= 4 is 32.7 Å². The van der Waals surface area contributed by atoms with Crippen molar-refractivity contribution in [2.45, 2.75) is 12.5 Å². The van der Waals surface area contributed by atoms with Crippen molar-refractivity contribution < 1.29 is 4.79 Å². The van der Waals surface area contributed by atoms with Gasteiger partial charge in [0.25, 0.3) is 5.91 Å². The number of hydrogen-bond donors (Lipinski definition) is 2. The molecule has 3 atom stereocenters. The first-order valence-electron chi connectivity index (χ1n) is 7.14. The first kappa shape index (κ1) is 13.2. The first-order chi connectivity index (χ1) is 10.2. The molecule has 1 amide bonds. The molecule has 0 aromatic carbocycles. The summed E-state index contributed by atoms with van der Waals surface area (Å²) in [6.45, 7) is 2.10. The van der Waals surface area contributed by atoms with Crippen LogP contribution in [-0.2, 0) is 0 Å². The molecular weight excluding hydrogens is 332 g/mol. The zero-order valence-electron chi connectivity index (χ0n) is 11.3. The van der Waals surface area contributed by atoms with Crippen molar-refractivity contribution in [2.75, 3.05) is 13.1 Å². The maximum absolute atomic E-state index is 12.4. The first-order valence-corrected chi connectivity index (χ1v) is 7.93. The molecule has 5 nitrogen and oxygen atoms in total. The number of nitrogens with one attached hydrogen (secondary N) is 2. The number of carbonyl (C=O) groups is 1. The highest BCUT2D eigenvalue weighted by Crippen LogP contribution is 2.37. The van der Waals surface area contributed by atoms with E-state index >= 15 is 0 Å². The summed E-state index contributed by atoms with van der Waals surface area (Å²) in [5.74, 6) is 1.24. The molecule has 3 heterocycles. The molecule has 0 radical (unpaired) electrons. The molecule has 2 aliphatic rings. The maximum atomic E-state index is 12.4. The highest BCUT2D eigenvalue weighted by molar-refractivity contribution is 9.10. The minimum atomic E-state index is -0.0871. The number of pyridine rings is 2. The molecule has 1 saturated heterocycles. The fourth-order valence-corrected chi connectivity index (χ4v) is 3.77. The summed E-state index contributed by atoms with van der Waals surface area (Å²) in [5, 5.41) is 7.42. The molecule has 2 aromatic heterocycles. The van der Waals surface area contributed by atoms with E-state index in [1.807, 2.05) is 6.07 Å². The van der Waals surface area contributed by atoms with Crippen molar-refractivity contribution in [3.8, 4) is 0 Å². The molecule has 6 heteroatoms. The van der Waals surface area contributed by atoms with Crippen LogP contribution in [0.25, 0.3) is 10.9 Å². The molecule has 1 aliphatic carbocycles. The average molecular weight is 347 g/mol. The van der Waals surface area contributed by atoms with Gasteiger partial charge in [-0.1, -0.05) is 0 Å². The van der Waals surface area contributed by atoms with E-state index in [0.29, 0.717) is 11.6 Å². The highest BCUT2D eigenvalue weighted by atomic mass is 79.9. The summed E-state index contributed by atoms with van der Waals surface area (Å²) in [6, 6.07) is 3.93. The van der Waals surface area contributed by atoms with Crippen molar-refractivity contribution in [1.29, 1.82) is 0 Å². The number of amides is 1. The van der Waals surface area contributed by atoms with E-state index in [9.17, 15) is 4.79 Å². The van der Waals surface area contributed by atoms with Crippen molar-refractivity contribution in [1.82, 2.24) is 20.6 Å². The van der Waals surface area contributed by atoms with Crippen LogP contribution in [0.1, 0.15) is 16.9 Å². The molecule has 4 rings (SSSR count). The fraction of sp³-hybridized carbons (Fsp3) is 0.400. The molecule has 1 saturated carbocycles. The van der Waals surface area contributed by atoms with E-state index in [1.54, 1.807) is 18.5 Å². The zero-order chi connectivity index (χ0) is 14.4. The zero-order valence-corrected chi connectivity index (χ0v) is 12.9. The summed E-state index contributed by atoms with van der Waals surface area (Å²) >= 11 is 3.43. The Morgan fingerprint density at radius 2 is 2.24 bits per heavy atom. The van der Waals surface area contributed by atoms with Gasteiger partial charge < -0.3 is 10.6 Å². The van der Waals surface area contributed by atoms with Gasteiger partial charge in [0.1, 0.15) is 5.69 Å². The Kier molecular flexibility index (Phi) is 3.15. The van der Waals surface area contributed by atoms with Gasteiger partial charge in [0.15, 0.2) is 0 Å². The van der Waals surface area contributed by atoms with Gasteiger partial charge in [-0.25, -0.2) is 4.98 Å². The SMILES string of the molecule is O=C(NC1CC2CNCC21)c1ccc2cncc(Br)c2n1. The predicted octanol–water partition coefficient (Wildman–Crippen LogP) is 1.73. The third kappa shape index (κ3) is 2.22. The average Bonchev–Trinajstić information content (AvgIpc) is 2.86. The monoisotopic (exact) mass is 346 g/mol. The molecule has 108 valence electrons. The van der Waals surface area contributed by atoms with Crippen molar-refractivity contribution in [3.05, 3.63) is 34.7 Å². The Hall–Kier alpha value is -1.53. The third-order valence-electron chi connectivity index (χ3n) is 4.57. The van der Waals surface area contributed by atoms with E-state index in [1.165, 1.54) is 0 Å². The van der Waals surface area contributed by atoms with Crippen LogP contribution in [0.3, 0.4) is 0 Å². The van der Waals surface area contributed by atoms with Gasteiger partial charge >= 0.3 is 0 Å². The lowest BCUT2D eigenvalue weighted by atomic mass is 9.71. The highest BCUT2D eigenvalue weighted by Gasteiger charge is 2.44. The number of aromatic nitrogens is 2. The maximum Gasteiger partial charge on any atom is 0.270 e. The Labute approximate surface area is 130 Å². The van der Waals surface area contributed by atoms with Gasteiger partial charge in [0, 0.05) is 30.4 Å². The van der Waals surface area contributed by atoms with E-state index in [0.717, 1.165) is 40.8 Å². The molecular formula is C15H15BrN4O. The quantitative estimate of drug-likeness (QED) is 0.868. The van der Waals surface area contributed by atoms with Crippen molar-refractivity contribution in [3.63, 3.8) is 0 Å². The largest absolute Gasteiger partial charge is 0.348 e. The second-order valence-electron chi connectivity index (χ2n) is 5.79. The summed E-state index contributed by atoms with van der Waals surface area (Å²) in [7, 11) is 0. The number of hydrogen-bond acceptors (Lipinski definition) is 4. The number of halogens is 1. The van der Waals surface area contributed by atoms with Crippen LogP contribution >= 0.6 is 15.9 Å². The Balaban J connectivity index is 1.55. The van der Waals surface area contributed by atoms with Crippen molar-refractivity contribution in [2.24, 2.45) is 11.8 Å². The topological polar surface area (TPSA) is 66.9 Å². The Morgan fingerprint density at radius 3 is 3.10 bits per heavy atom. The summed E-state index contributed by atoms with van der Waals surface area (Å²) in [4.78, 5) is 20.9. The number of rotatable bonds is 2. The molecule has 1 aliphatic heterocycles. The normalized spacial score (nSPS) is 27.2. The van der Waals surface area contributed by atoms with Gasteiger partial charge in [0.05, 0.1) is 9.99 Å². The van der Waals surface area contributed by atoms with Gasteiger partial charge in [0.2, 0.25) is 0 Å². The van der Waals surface area contributed by atoms with Crippen LogP contribution in [0.5, 0.6) is 0 Å². The predicted molar refractivity (Wildman–Crippen MR) is 83.0 cm³/mol. The summed E-state index contributed by atoms with van der Waals surface area (Å²) in [6.07, 6.45) is 4.51. The second-order valence-corrected chi connectivity index (χ2v) is 6.64. The van der Waals surface area contributed by atoms with Crippen LogP contribution in [0.15, 0.2) is 29.0 Å². The molecule has 2 aromatic rings. The van der Waals surface area contributed by atoms with Gasteiger partial charge in [-0.05, 0) is 52.9 Å². The lowest BCUT2D eigenvalue weighted by Crippen LogP contribution is -2.52. The van der Waals surface area contributed by atoms with Gasteiger partial charge in [-0.2, -0.15) is 0 Å². The molecule has 0 spiro atoms. The molecule has 0 bridgehead atoms. The lowest BCUT2D eigenvalue weighted by molar-refractivity contribution is 0.0828. The second kappa shape index (κ2) is 5.03. The van der Waals surface area contributed by atoms with Crippen LogP contribution in [0, 0.1) is 11.8 Å². The van der Waals surface area contributed by atoms with E-state index in [-0.39, 0.29) is 11.9 Å². The molecule has 2 fully saturated rings. The number of nitrogens with zero attached hydrogens (tertiary/aromatic N) is 2. The summed E-state index contributed by atoms with van der Waals surface area (Å²) in [5.41, 5.74) is 1.23. The van der Waals surface area contributed by atoms with Crippen LogP contribution in [0.4, 0.5) is 0 Å². The molecule has 3 unspecified atom stereocenters. The van der Waals surface area contributed by atoms with E-state index < -0.39 is 0 Å². The molecule has 2 N–H and O–H groups in total. The van der Waals surface area contributed by atoms with Crippen LogP contribution in [0.2, 0.25) is 0 Å². The standard InChI is InChI=1S/C15H15BrN4O/c16-11-7-18-4-8-1-2-12(19-14(8)11)15(21)20-13-3-9-5-17-6-10(9)13/h1-2,4,7,9-10,13,17H,3,5-6H2,(H,20,21). The van der Waals surface area contributed by atoms with E-state index in [4.69, 9.17) is 0 Å². The van der Waals surface area contributed by atoms with Gasteiger partial charge in [-0.15, -0.1) is 0 Å². The van der Waals surface area contributed by atoms with E-state index in [2.05, 4.69) is 36.5 Å². The summed E-state index contributed by atoms with van der Waals surface area (Å²) < 4.78 is 0.804. The lowest BCUT2D eigenvalue weighted by Gasteiger charge is -2.39. The van der Waals surface area contributed by atoms with Gasteiger partial charge in [-0.3, -0.25) is 9.78 Å². The Bertz CT molecular complexity index is 720. The van der Waals surface area contributed by atoms with Crippen LogP contribution < -0.4 is 10.6 Å². The fourth-order valence-electron chi connectivity index (χ4n) is 3.33.